The van der Waals surface area contributed by atoms with E-state index in [4.69, 9.17) is 0 Å². The maximum absolute atomic E-state index is 12.5. The highest BCUT2D eigenvalue weighted by molar-refractivity contribution is 6.23. The largest absolute Gasteiger partial charge is 0.324 e. The molecular weight excluding hydrogens is 304 g/mol. The molecule has 24 heavy (non-hydrogen) atoms. The molecule has 3 rings (SSSR count). The van der Waals surface area contributed by atoms with Crippen molar-refractivity contribution >= 4 is 23.4 Å². The molecule has 5 heteroatoms. The zero-order valence-corrected chi connectivity index (χ0v) is 13.8. The second-order valence-corrected chi connectivity index (χ2v) is 5.94. The summed E-state index contributed by atoms with van der Waals surface area (Å²) in [7, 11) is 0. The van der Waals surface area contributed by atoms with Gasteiger partial charge in [0, 0.05) is 5.69 Å². The van der Waals surface area contributed by atoms with Gasteiger partial charge in [-0.3, -0.25) is 19.3 Å². The van der Waals surface area contributed by atoms with E-state index >= 15 is 0 Å². The second kappa shape index (κ2) is 5.92. The van der Waals surface area contributed by atoms with Gasteiger partial charge >= 0.3 is 0 Å². The first-order valence-corrected chi connectivity index (χ1v) is 7.76. The van der Waals surface area contributed by atoms with Gasteiger partial charge in [0.15, 0.2) is 0 Å². The number of hydrogen-bond donors (Lipinski definition) is 1. The summed E-state index contributed by atoms with van der Waals surface area (Å²) in [5.74, 6) is -1.25. The molecule has 0 bridgehead atoms. The number of imide groups is 1. The molecule has 0 aliphatic carbocycles. The third-order valence-electron chi connectivity index (χ3n) is 4.45. The fraction of sp³-hybridized carbons (Fsp3) is 0.211. The summed E-state index contributed by atoms with van der Waals surface area (Å²) >= 11 is 0. The highest BCUT2D eigenvalue weighted by Gasteiger charge is 2.40. The van der Waals surface area contributed by atoms with Crippen molar-refractivity contribution in [1.82, 2.24) is 4.90 Å². The molecule has 2 aromatic rings. The molecule has 0 radical (unpaired) electrons. The van der Waals surface area contributed by atoms with Crippen molar-refractivity contribution in [2.75, 3.05) is 5.32 Å². The number of rotatable bonds is 3. The molecule has 1 N–H and O–H groups in total. The Kier molecular flexibility index (Phi) is 3.93. The van der Waals surface area contributed by atoms with E-state index in [9.17, 15) is 14.4 Å². The molecule has 2 aromatic carbocycles. The van der Waals surface area contributed by atoms with Gasteiger partial charge in [-0.1, -0.05) is 24.3 Å². The highest BCUT2D eigenvalue weighted by Crippen LogP contribution is 2.25. The van der Waals surface area contributed by atoms with Crippen molar-refractivity contribution in [1.29, 1.82) is 0 Å². The Bertz CT molecular complexity index is 822. The van der Waals surface area contributed by atoms with Crippen LogP contribution in [0.5, 0.6) is 0 Å². The van der Waals surface area contributed by atoms with Crippen LogP contribution in [0, 0.1) is 13.8 Å². The summed E-state index contributed by atoms with van der Waals surface area (Å²) < 4.78 is 0. The zero-order chi connectivity index (χ0) is 17.4. The van der Waals surface area contributed by atoms with E-state index < -0.39 is 23.8 Å². The molecule has 1 aliphatic rings. The Morgan fingerprint density at radius 2 is 1.54 bits per heavy atom. The average Bonchev–Trinajstić information content (AvgIpc) is 2.83. The minimum absolute atomic E-state index is 0.342. The topological polar surface area (TPSA) is 66.5 Å². The number of aryl methyl sites for hydroxylation is 1. The molecule has 0 fully saturated rings. The van der Waals surface area contributed by atoms with Crippen LogP contribution in [-0.4, -0.2) is 28.7 Å². The third kappa shape index (κ3) is 2.48. The molecule has 122 valence electrons. The molecule has 0 saturated carbocycles. The van der Waals surface area contributed by atoms with Gasteiger partial charge in [-0.2, -0.15) is 0 Å². The lowest BCUT2D eigenvalue weighted by molar-refractivity contribution is -0.119. The number of nitrogens with zero attached hydrogens (tertiary/aromatic N) is 1. The zero-order valence-electron chi connectivity index (χ0n) is 13.8. The van der Waals surface area contributed by atoms with Crippen molar-refractivity contribution in [3.05, 3.63) is 64.7 Å². The summed E-state index contributed by atoms with van der Waals surface area (Å²) in [4.78, 5) is 38.5. The number of amides is 3. The van der Waals surface area contributed by atoms with Crippen LogP contribution in [0.4, 0.5) is 5.69 Å². The first-order chi connectivity index (χ1) is 11.4. The van der Waals surface area contributed by atoms with Crippen LogP contribution in [0.1, 0.15) is 38.8 Å². The number of carbonyl (C=O) groups is 3. The molecule has 0 saturated heterocycles. The predicted molar refractivity (Wildman–Crippen MR) is 90.9 cm³/mol. The average molecular weight is 322 g/mol. The van der Waals surface area contributed by atoms with Crippen molar-refractivity contribution < 1.29 is 14.4 Å². The monoisotopic (exact) mass is 322 g/mol. The molecule has 1 atom stereocenters. The van der Waals surface area contributed by atoms with Gasteiger partial charge in [0.05, 0.1) is 11.1 Å². The van der Waals surface area contributed by atoms with Crippen LogP contribution >= 0.6 is 0 Å². The van der Waals surface area contributed by atoms with Gasteiger partial charge in [0.2, 0.25) is 5.91 Å². The van der Waals surface area contributed by atoms with E-state index in [1.165, 1.54) is 0 Å². The van der Waals surface area contributed by atoms with E-state index in [0.29, 0.717) is 16.8 Å². The molecular formula is C19H18N2O3. The fourth-order valence-electron chi connectivity index (χ4n) is 2.80. The summed E-state index contributed by atoms with van der Waals surface area (Å²) in [6.45, 7) is 5.43. The Labute approximate surface area is 140 Å². The van der Waals surface area contributed by atoms with Crippen LogP contribution in [-0.2, 0) is 4.79 Å². The first kappa shape index (κ1) is 15.9. The molecule has 5 nitrogen and oxygen atoms in total. The highest BCUT2D eigenvalue weighted by atomic mass is 16.2. The quantitative estimate of drug-likeness (QED) is 0.884. The predicted octanol–water partition coefficient (Wildman–Crippen LogP) is 2.93. The summed E-state index contributed by atoms with van der Waals surface area (Å²) in [5.41, 5.74) is 3.38. The molecule has 1 aliphatic heterocycles. The minimum Gasteiger partial charge on any atom is -0.324 e. The summed E-state index contributed by atoms with van der Waals surface area (Å²) in [6, 6.07) is 11.3. The van der Waals surface area contributed by atoms with E-state index in [0.717, 1.165) is 16.0 Å². The van der Waals surface area contributed by atoms with Crippen LogP contribution in [0.15, 0.2) is 42.5 Å². The van der Waals surface area contributed by atoms with Crippen molar-refractivity contribution in [2.45, 2.75) is 26.8 Å². The van der Waals surface area contributed by atoms with Gasteiger partial charge in [0.1, 0.15) is 6.04 Å². The van der Waals surface area contributed by atoms with Crippen LogP contribution in [0.25, 0.3) is 0 Å². The SMILES string of the molecule is Cc1cccc(NC(=O)C(C)N2C(=O)c3ccccc3C2=O)c1C. The molecule has 1 unspecified atom stereocenters. The molecule has 1 heterocycles. The van der Waals surface area contributed by atoms with Crippen molar-refractivity contribution in [3.8, 4) is 0 Å². The standard InChI is InChI=1S/C19H18N2O3/c1-11-7-6-10-16(12(11)2)20-17(22)13(3)21-18(23)14-8-4-5-9-15(14)19(21)24/h4-10,13H,1-3H3,(H,20,22). The number of hydrogen-bond acceptors (Lipinski definition) is 3. The second-order valence-electron chi connectivity index (χ2n) is 5.94. The molecule has 0 aromatic heterocycles. The number of nitrogens with one attached hydrogen (secondary N) is 1. The smallest absolute Gasteiger partial charge is 0.262 e. The Balaban J connectivity index is 1.83. The Morgan fingerprint density at radius 3 is 2.12 bits per heavy atom. The van der Waals surface area contributed by atoms with Crippen LogP contribution < -0.4 is 5.32 Å². The lowest BCUT2D eigenvalue weighted by atomic mass is 10.1. The number of benzene rings is 2. The Hall–Kier alpha value is -2.95. The summed E-state index contributed by atoms with van der Waals surface area (Å²) in [5, 5.41) is 2.81. The summed E-state index contributed by atoms with van der Waals surface area (Å²) in [6.07, 6.45) is 0. The maximum atomic E-state index is 12.5. The van der Waals surface area contributed by atoms with E-state index in [2.05, 4.69) is 5.32 Å². The van der Waals surface area contributed by atoms with Crippen LogP contribution in [0.3, 0.4) is 0 Å². The lowest BCUT2D eigenvalue weighted by Gasteiger charge is -2.22. The van der Waals surface area contributed by atoms with Gasteiger partial charge < -0.3 is 5.32 Å². The van der Waals surface area contributed by atoms with E-state index in [1.54, 1.807) is 37.3 Å². The fourth-order valence-corrected chi connectivity index (χ4v) is 2.80. The third-order valence-corrected chi connectivity index (χ3v) is 4.45. The first-order valence-electron chi connectivity index (χ1n) is 7.76. The van der Waals surface area contributed by atoms with Gasteiger partial charge in [-0.15, -0.1) is 0 Å². The van der Waals surface area contributed by atoms with Gasteiger partial charge in [-0.05, 0) is 50.1 Å². The minimum atomic E-state index is -0.891. The Morgan fingerprint density at radius 1 is 0.958 bits per heavy atom. The van der Waals surface area contributed by atoms with Crippen molar-refractivity contribution in [3.63, 3.8) is 0 Å². The number of fused-ring (bicyclic) bond motifs is 1. The number of carbonyl (C=O) groups excluding carboxylic acids is 3. The maximum Gasteiger partial charge on any atom is 0.262 e. The van der Waals surface area contributed by atoms with Gasteiger partial charge in [0.25, 0.3) is 11.8 Å². The van der Waals surface area contributed by atoms with Crippen molar-refractivity contribution in [2.24, 2.45) is 0 Å². The van der Waals surface area contributed by atoms with E-state index in [-0.39, 0.29) is 0 Å². The molecule has 0 spiro atoms. The van der Waals surface area contributed by atoms with Crippen LogP contribution in [0.2, 0.25) is 0 Å². The normalized spacial score (nSPS) is 14.5. The van der Waals surface area contributed by atoms with E-state index in [1.807, 2.05) is 26.0 Å². The lowest BCUT2D eigenvalue weighted by Crippen LogP contribution is -2.45. The molecule has 3 amide bonds. The number of anilines is 1. The van der Waals surface area contributed by atoms with Gasteiger partial charge in [-0.25, -0.2) is 0 Å².